The van der Waals surface area contributed by atoms with E-state index < -0.39 is 0 Å². The molecule has 1 heterocycles. The van der Waals surface area contributed by atoms with Crippen LogP contribution in [0.15, 0.2) is 23.2 Å². The fourth-order valence-electron chi connectivity index (χ4n) is 2.46. The number of nitrogens with zero attached hydrogens (tertiary/aromatic N) is 4. The topological polar surface area (TPSA) is 85.6 Å². The molecule has 8 heteroatoms. The molecule has 2 N–H and O–H groups in total. The highest BCUT2D eigenvalue weighted by Crippen LogP contribution is 2.21. The van der Waals surface area contributed by atoms with Gasteiger partial charge in [-0.05, 0) is 32.4 Å². The van der Waals surface area contributed by atoms with Gasteiger partial charge in [-0.1, -0.05) is 12.1 Å². The summed E-state index contributed by atoms with van der Waals surface area (Å²) >= 11 is 0. The van der Waals surface area contributed by atoms with E-state index in [1.807, 2.05) is 31.5 Å². The quantitative estimate of drug-likeness (QED) is 0.395. The lowest BCUT2D eigenvalue weighted by Crippen LogP contribution is -2.39. The number of hydrogen-bond acceptors (Lipinski definition) is 5. The number of rotatable bonds is 9. The first kappa shape index (κ1) is 20.7. The van der Waals surface area contributed by atoms with E-state index in [1.54, 1.807) is 7.11 Å². The molecule has 1 aromatic heterocycles. The number of hydrogen-bond donors (Lipinski definition) is 2. The minimum absolute atomic E-state index is 0.510. The van der Waals surface area contributed by atoms with Crippen LogP contribution in [0, 0.1) is 13.8 Å². The van der Waals surface area contributed by atoms with Crippen molar-refractivity contribution in [1.82, 2.24) is 25.4 Å². The Labute approximate surface area is 161 Å². The standard InChI is InChI=1S/C19H30N6O2/c1-6-27-17-11-14(2)7-8-16(17)12-21-19(20-9-10-26-5)22-13-18-24-23-15(3)25(18)4/h7-8,11H,6,9-10,12-13H2,1-5H3,(H2,20,21,22). The molecule has 0 aliphatic heterocycles. The van der Waals surface area contributed by atoms with Crippen molar-refractivity contribution in [2.45, 2.75) is 33.9 Å². The monoisotopic (exact) mass is 374 g/mol. The third-order valence-electron chi connectivity index (χ3n) is 4.13. The van der Waals surface area contributed by atoms with Crippen LogP contribution in [0.25, 0.3) is 0 Å². The molecule has 0 saturated heterocycles. The van der Waals surface area contributed by atoms with Crippen molar-refractivity contribution in [2.75, 3.05) is 26.9 Å². The number of methoxy groups -OCH3 is 1. The first-order valence-electron chi connectivity index (χ1n) is 9.13. The molecule has 0 radical (unpaired) electrons. The lowest BCUT2D eigenvalue weighted by molar-refractivity contribution is 0.203. The third-order valence-corrected chi connectivity index (χ3v) is 4.13. The maximum Gasteiger partial charge on any atom is 0.192 e. The van der Waals surface area contributed by atoms with Crippen molar-refractivity contribution in [3.8, 4) is 5.75 Å². The van der Waals surface area contributed by atoms with Gasteiger partial charge in [0.05, 0.1) is 26.3 Å². The molecule has 0 saturated carbocycles. The van der Waals surface area contributed by atoms with E-state index in [9.17, 15) is 0 Å². The molecule has 8 nitrogen and oxygen atoms in total. The molecule has 0 atom stereocenters. The van der Waals surface area contributed by atoms with Gasteiger partial charge in [-0.3, -0.25) is 0 Å². The summed E-state index contributed by atoms with van der Waals surface area (Å²) in [5.41, 5.74) is 2.21. The van der Waals surface area contributed by atoms with Gasteiger partial charge in [-0.15, -0.1) is 10.2 Å². The molecular weight excluding hydrogens is 344 g/mol. The number of ether oxygens (including phenoxy) is 2. The summed E-state index contributed by atoms with van der Waals surface area (Å²) in [5, 5.41) is 14.8. The number of nitrogens with one attached hydrogen (secondary N) is 2. The van der Waals surface area contributed by atoms with E-state index in [4.69, 9.17) is 14.5 Å². The number of benzene rings is 1. The van der Waals surface area contributed by atoms with Crippen molar-refractivity contribution in [3.63, 3.8) is 0 Å². The van der Waals surface area contributed by atoms with Gasteiger partial charge in [0, 0.05) is 26.3 Å². The Morgan fingerprint density at radius 1 is 1.22 bits per heavy atom. The van der Waals surface area contributed by atoms with Crippen molar-refractivity contribution in [1.29, 1.82) is 0 Å². The zero-order chi connectivity index (χ0) is 19.6. The van der Waals surface area contributed by atoms with Crippen LogP contribution >= 0.6 is 0 Å². The molecule has 0 aliphatic rings. The Morgan fingerprint density at radius 3 is 2.70 bits per heavy atom. The molecular formula is C19H30N6O2. The van der Waals surface area contributed by atoms with Crippen LogP contribution in [0.2, 0.25) is 0 Å². The zero-order valence-electron chi connectivity index (χ0n) is 16.9. The van der Waals surface area contributed by atoms with E-state index in [1.165, 1.54) is 5.56 Å². The average Bonchev–Trinajstić information content (AvgIpc) is 2.97. The second-order valence-corrected chi connectivity index (χ2v) is 6.20. The number of guanidine groups is 1. The summed E-state index contributed by atoms with van der Waals surface area (Å²) in [4.78, 5) is 4.69. The van der Waals surface area contributed by atoms with Gasteiger partial charge in [0.1, 0.15) is 11.6 Å². The predicted octanol–water partition coefficient (Wildman–Crippen LogP) is 1.71. The van der Waals surface area contributed by atoms with E-state index in [-0.39, 0.29) is 0 Å². The molecule has 0 spiro atoms. The molecule has 2 aromatic rings. The van der Waals surface area contributed by atoms with Gasteiger partial charge in [0.25, 0.3) is 0 Å². The maximum absolute atomic E-state index is 5.74. The summed E-state index contributed by atoms with van der Waals surface area (Å²) in [5.74, 6) is 3.29. The molecule has 1 aromatic carbocycles. The Kier molecular flexibility index (Phi) is 8.06. The van der Waals surface area contributed by atoms with Crippen LogP contribution in [-0.2, 0) is 24.9 Å². The summed E-state index contributed by atoms with van der Waals surface area (Å²) < 4.78 is 12.8. The summed E-state index contributed by atoms with van der Waals surface area (Å²) in [7, 11) is 3.62. The minimum Gasteiger partial charge on any atom is -0.494 e. The van der Waals surface area contributed by atoms with Gasteiger partial charge >= 0.3 is 0 Å². The Bertz CT molecular complexity index is 757. The van der Waals surface area contributed by atoms with Crippen LogP contribution in [0.4, 0.5) is 0 Å². The van der Waals surface area contributed by atoms with Crippen molar-refractivity contribution < 1.29 is 9.47 Å². The van der Waals surface area contributed by atoms with Gasteiger partial charge in [-0.25, -0.2) is 4.99 Å². The lowest BCUT2D eigenvalue weighted by Gasteiger charge is -2.13. The molecule has 0 bridgehead atoms. The highest BCUT2D eigenvalue weighted by atomic mass is 16.5. The second-order valence-electron chi connectivity index (χ2n) is 6.20. The maximum atomic E-state index is 5.74. The predicted molar refractivity (Wildman–Crippen MR) is 106 cm³/mol. The van der Waals surface area contributed by atoms with Crippen LogP contribution in [0.1, 0.15) is 29.7 Å². The Balaban J connectivity index is 2.09. The van der Waals surface area contributed by atoms with Crippen LogP contribution in [-0.4, -0.2) is 47.6 Å². The number of aryl methyl sites for hydroxylation is 2. The van der Waals surface area contributed by atoms with Gasteiger partial charge in [-0.2, -0.15) is 0 Å². The highest BCUT2D eigenvalue weighted by molar-refractivity contribution is 5.79. The average molecular weight is 374 g/mol. The molecule has 27 heavy (non-hydrogen) atoms. The van der Waals surface area contributed by atoms with Crippen molar-refractivity contribution in [2.24, 2.45) is 12.0 Å². The van der Waals surface area contributed by atoms with E-state index in [0.29, 0.717) is 38.8 Å². The molecule has 2 rings (SSSR count). The lowest BCUT2D eigenvalue weighted by atomic mass is 10.1. The fraction of sp³-hybridized carbons (Fsp3) is 0.526. The smallest absolute Gasteiger partial charge is 0.192 e. The summed E-state index contributed by atoms with van der Waals surface area (Å²) in [6.07, 6.45) is 0. The Morgan fingerprint density at radius 2 is 2.04 bits per heavy atom. The van der Waals surface area contributed by atoms with E-state index in [2.05, 4.69) is 39.9 Å². The van der Waals surface area contributed by atoms with Crippen molar-refractivity contribution in [3.05, 3.63) is 41.0 Å². The van der Waals surface area contributed by atoms with Gasteiger partial charge < -0.3 is 24.7 Å². The molecule has 0 fully saturated rings. The fourth-order valence-corrected chi connectivity index (χ4v) is 2.46. The first-order chi connectivity index (χ1) is 13.0. The van der Waals surface area contributed by atoms with E-state index in [0.717, 1.165) is 23.0 Å². The normalized spacial score (nSPS) is 11.5. The number of aromatic nitrogens is 3. The number of aliphatic imine (C=N–C) groups is 1. The minimum atomic E-state index is 0.510. The van der Waals surface area contributed by atoms with Gasteiger partial charge in [0.2, 0.25) is 0 Å². The van der Waals surface area contributed by atoms with Crippen LogP contribution < -0.4 is 15.4 Å². The first-order valence-corrected chi connectivity index (χ1v) is 9.13. The third kappa shape index (κ3) is 6.25. The van der Waals surface area contributed by atoms with Crippen LogP contribution in [0.3, 0.4) is 0 Å². The Hall–Kier alpha value is -2.61. The molecule has 0 amide bonds. The highest BCUT2D eigenvalue weighted by Gasteiger charge is 2.08. The van der Waals surface area contributed by atoms with Crippen molar-refractivity contribution >= 4 is 5.96 Å². The second kappa shape index (κ2) is 10.5. The molecule has 0 aliphatic carbocycles. The largest absolute Gasteiger partial charge is 0.494 e. The van der Waals surface area contributed by atoms with E-state index >= 15 is 0 Å². The summed E-state index contributed by atoms with van der Waals surface area (Å²) in [6, 6.07) is 6.17. The molecule has 148 valence electrons. The molecule has 0 unspecified atom stereocenters. The zero-order valence-corrected chi connectivity index (χ0v) is 16.9. The van der Waals surface area contributed by atoms with Crippen LogP contribution in [0.5, 0.6) is 5.75 Å². The SMILES string of the molecule is CCOc1cc(C)ccc1CN=C(NCCOC)NCc1nnc(C)n1C. The van der Waals surface area contributed by atoms with Gasteiger partial charge in [0.15, 0.2) is 11.8 Å². The summed E-state index contributed by atoms with van der Waals surface area (Å²) in [6.45, 7) is 8.89.